The first-order chi connectivity index (χ1) is 14.4. The van der Waals surface area contributed by atoms with Crippen LogP contribution in [0.15, 0.2) is 86.0 Å². The fourth-order valence-electron chi connectivity index (χ4n) is 4.40. The van der Waals surface area contributed by atoms with Gasteiger partial charge in [-0.1, -0.05) is 0 Å². The van der Waals surface area contributed by atoms with Crippen LogP contribution in [-0.4, -0.2) is 19.1 Å². The van der Waals surface area contributed by atoms with Gasteiger partial charge in [-0.15, -0.1) is 0 Å². The largest absolute Gasteiger partial charge is 1.00 e. The Kier molecular flexibility index (Phi) is 6.48. The van der Waals surface area contributed by atoms with Crippen molar-refractivity contribution in [2.75, 3.05) is 0 Å². The molecule has 2 aliphatic carbocycles. The fraction of sp³-hybridized carbons (Fsp3) is 0.0833. The van der Waals surface area contributed by atoms with Crippen molar-refractivity contribution in [3.8, 4) is 0 Å². The summed E-state index contributed by atoms with van der Waals surface area (Å²) >= 11 is -0.991. The van der Waals surface area contributed by atoms with Gasteiger partial charge in [-0.05, 0) is 0 Å². The summed E-state index contributed by atoms with van der Waals surface area (Å²) in [5.74, 6) is 0. The number of allylic oxidation sites excluding steroid dienone is 2. The summed E-state index contributed by atoms with van der Waals surface area (Å²) < 4.78 is 5.36. The molecular formula is C24H18Cl2N4Zr. The maximum absolute atomic E-state index is 4.30. The Bertz CT molecular complexity index is 1150. The molecule has 0 spiro atoms. The molecule has 2 heterocycles. The number of hydrogen-bond donors (Lipinski definition) is 0. The Morgan fingerprint density at radius 2 is 1.10 bits per heavy atom. The first kappa shape index (κ1) is 22.0. The molecule has 2 atom stereocenters. The van der Waals surface area contributed by atoms with E-state index in [4.69, 9.17) is 0 Å². The smallest absolute Gasteiger partial charge is 1.00 e. The van der Waals surface area contributed by atoms with Crippen LogP contribution in [-0.2, 0) is 23.2 Å². The Hall–Kier alpha value is -2.20. The van der Waals surface area contributed by atoms with Crippen LogP contribution in [0.3, 0.4) is 0 Å². The predicted molar refractivity (Wildman–Crippen MR) is 111 cm³/mol. The second-order valence-corrected chi connectivity index (χ2v) is 11.0. The van der Waals surface area contributed by atoms with E-state index < -0.39 is 23.2 Å². The summed E-state index contributed by atoms with van der Waals surface area (Å²) in [6, 6.07) is 17.7. The maximum atomic E-state index is 4.30. The van der Waals surface area contributed by atoms with Crippen LogP contribution in [0.2, 0.25) is 0 Å². The number of benzene rings is 2. The van der Waals surface area contributed by atoms with Crippen LogP contribution in [0.25, 0.3) is 23.5 Å². The number of rotatable bonds is 4. The average molecular weight is 525 g/mol. The maximum Gasteiger partial charge on any atom is -1.00 e. The molecule has 31 heavy (non-hydrogen) atoms. The second kappa shape index (κ2) is 9.12. The monoisotopic (exact) mass is 522 g/mol. The number of aromatic nitrogens is 4. The fourth-order valence-corrected chi connectivity index (χ4v) is 9.38. The molecule has 0 N–H and O–H groups in total. The van der Waals surface area contributed by atoms with E-state index in [1.807, 2.05) is 25.0 Å². The van der Waals surface area contributed by atoms with Crippen molar-refractivity contribution in [3.63, 3.8) is 0 Å². The number of hydrogen-bond acceptors (Lipinski definition) is 2. The third-order valence-corrected chi connectivity index (χ3v) is 10.4. The molecule has 0 saturated carbocycles. The van der Waals surface area contributed by atoms with Crippen LogP contribution in [0.1, 0.15) is 29.5 Å². The van der Waals surface area contributed by atoms with Crippen LogP contribution in [0.5, 0.6) is 0 Å². The molecule has 0 bridgehead atoms. The Labute approximate surface area is 205 Å². The first-order valence-electron chi connectivity index (χ1n) is 9.72. The Morgan fingerprint density at radius 1 is 0.645 bits per heavy atom. The van der Waals surface area contributed by atoms with E-state index in [-0.39, 0.29) is 24.8 Å². The summed E-state index contributed by atoms with van der Waals surface area (Å²) in [6.07, 6.45) is 16.4. The van der Waals surface area contributed by atoms with E-state index >= 15 is 0 Å². The summed E-state index contributed by atoms with van der Waals surface area (Å²) in [7, 11) is 0. The van der Waals surface area contributed by atoms with Crippen molar-refractivity contribution in [1.29, 1.82) is 0 Å². The molecule has 0 amide bonds. The van der Waals surface area contributed by atoms with E-state index in [2.05, 4.69) is 92.2 Å². The molecule has 0 radical (unpaired) electrons. The van der Waals surface area contributed by atoms with E-state index in [9.17, 15) is 0 Å². The third kappa shape index (κ3) is 3.80. The van der Waals surface area contributed by atoms with Gasteiger partial charge in [0, 0.05) is 0 Å². The van der Waals surface area contributed by atoms with Crippen LogP contribution < -0.4 is 24.8 Å². The van der Waals surface area contributed by atoms with Crippen LogP contribution in [0.4, 0.5) is 0 Å². The van der Waals surface area contributed by atoms with Gasteiger partial charge in [-0.3, -0.25) is 0 Å². The molecule has 0 fully saturated rings. The molecule has 2 aliphatic rings. The zero-order valence-corrected chi connectivity index (χ0v) is 20.4. The topological polar surface area (TPSA) is 35.6 Å². The normalized spacial score (nSPS) is 18.1. The van der Waals surface area contributed by atoms with Gasteiger partial charge in [0.15, 0.2) is 0 Å². The molecule has 2 unspecified atom stereocenters. The summed E-state index contributed by atoms with van der Waals surface area (Å²) in [6.45, 7) is 0. The van der Waals surface area contributed by atoms with Gasteiger partial charge in [-0.2, -0.15) is 0 Å². The average Bonchev–Trinajstić information content (AvgIpc) is 3.55. The summed E-state index contributed by atoms with van der Waals surface area (Å²) in [5.41, 5.74) is 8.37. The second-order valence-electron chi connectivity index (χ2n) is 7.37. The Morgan fingerprint density at radius 3 is 1.52 bits per heavy atom. The summed E-state index contributed by atoms with van der Waals surface area (Å²) in [5, 5.41) is 0. The first-order valence-corrected chi connectivity index (χ1v) is 12.6. The van der Waals surface area contributed by atoms with Crippen molar-refractivity contribution in [2.24, 2.45) is 0 Å². The van der Waals surface area contributed by atoms with Crippen molar-refractivity contribution < 1.29 is 48.0 Å². The van der Waals surface area contributed by atoms with E-state index in [0.717, 1.165) is 0 Å². The minimum absolute atomic E-state index is 0. The molecule has 4 aromatic rings. The van der Waals surface area contributed by atoms with Crippen molar-refractivity contribution in [3.05, 3.63) is 108 Å². The van der Waals surface area contributed by atoms with Gasteiger partial charge >= 0.3 is 181 Å². The summed E-state index contributed by atoms with van der Waals surface area (Å²) in [4.78, 5) is 8.61. The molecule has 0 aliphatic heterocycles. The molecule has 0 saturated heterocycles. The van der Waals surface area contributed by atoms with Crippen LogP contribution >= 0.6 is 0 Å². The minimum atomic E-state index is -0.991. The predicted octanol–water partition coefficient (Wildman–Crippen LogP) is -1.02. The zero-order valence-electron chi connectivity index (χ0n) is 16.4. The third-order valence-electron chi connectivity index (χ3n) is 5.75. The van der Waals surface area contributed by atoms with Gasteiger partial charge < -0.3 is 24.8 Å². The van der Waals surface area contributed by atoms with E-state index in [1.54, 1.807) is 0 Å². The van der Waals surface area contributed by atoms with Crippen molar-refractivity contribution >= 4 is 23.5 Å². The van der Waals surface area contributed by atoms with Gasteiger partial charge in [0.1, 0.15) is 0 Å². The van der Waals surface area contributed by atoms with Crippen molar-refractivity contribution in [2.45, 2.75) is 7.25 Å². The van der Waals surface area contributed by atoms with E-state index in [1.165, 1.54) is 33.6 Å². The molecule has 4 nitrogen and oxygen atoms in total. The van der Waals surface area contributed by atoms with E-state index in [0.29, 0.717) is 7.25 Å². The number of imidazole rings is 2. The van der Waals surface area contributed by atoms with Gasteiger partial charge in [0.2, 0.25) is 0 Å². The number of fused-ring (bicyclic) bond motifs is 2. The molecule has 2 aromatic carbocycles. The number of nitrogens with zero attached hydrogens (tertiary/aromatic N) is 4. The minimum Gasteiger partial charge on any atom is -1.00 e. The quantitative estimate of drug-likeness (QED) is 0.343. The molecule has 6 rings (SSSR count). The number of halogens is 2. The molecule has 7 heteroatoms. The molecule has 2 aromatic heterocycles. The Balaban J connectivity index is 0.00000116. The standard InChI is InChI=1S/2C12H9N2.2ClH.Zr/c2*1-2-4-11-8-12(7-10(11)3-1)14-6-5-13-9-14;;;/h2*1-9H;2*1H;/q;;;;+2/p-2. The SMILES string of the molecule is C1=C(n2ccnc2)[CH]([Zr+2][CH]2C(n3ccnc3)=Cc3ccccc32)c2ccccc21.[Cl-].[Cl-]. The molecule has 152 valence electrons. The van der Waals surface area contributed by atoms with Gasteiger partial charge in [-0.25, -0.2) is 0 Å². The zero-order chi connectivity index (χ0) is 19.2. The van der Waals surface area contributed by atoms with Crippen LogP contribution in [0, 0.1) is 0 Å². The van der Waals surface area contributed by atoms with Gasteiger partial charge in [0.05, 0.1) is 0 Å². The van der Waals surface area contributed by atoms with Crippen molar-refractivity contribution in [1.82, 2.24) is 19.1 Å². The van der Waals surface area contributed by atoms with Gasteiger partial charge in [0.25, 0.3) is 0 Å². The molecular weight excluding hydrogens is 506 g/mol.